The van der Waals surface area contributed by atoms with Gasteiger partial charge < -0.3 is 29.3 Å². The first-order valence-electron chi connectivity index (χ1n) is 9.85. The fourth-order valence-electron chi connectivity index (χ4n) is 3.77. The van der Waals surface area contributed by atoms with Gasteiger partial charge in [-0.1, -0.05) is 25.0 Å². The Balaban J connectivity index is 0.000000479. The van der Waals surface area contributed by atoms with Crippen molar-refractivity contribution in [3.63, 3.8) is 0 Å². The first kappa shape index (κ1) is 25.6. The van der Waals surface area contributed by atoms with Crippen LogP contribution >= 0.6 is 0 Å². The van der Waals surface area contributed by atoms with Gasteiger partial charge in [0.2, 0.25) is 0 Å². The molecule has 0 aromatic heterocycles. The minimum Gasteiger partial charge on any atom is -0.478 e. The average Bonchev–Trinajstić information content (AvgIpc) is 2.72. The van der Waals surface area contributed by atoms with E-state index < -0.39 is 11.9 Å². The van der Waals surface area contributed by atoms with Gasteiger partial charge in [-0.25, -0.2) is 9.59 Å². The number of hydrogen-bond donors (Lipinski definition) is 2. The number of carboxylic acids is 2. The van der Waals surface area contributed by atoms with Gasteiger partial charge in [0.1, 0.15) is 5.75 Å². The molecule has 1 aliphatic carbocycles. The maximum atomic E-state index is 9.55. The molecule has 1 unspecified atom stereocenters. The quantitative estimate of drug-likeness (QED) is 0.461. The molecule has 0 aliphatic heterocycles. The summed E-state index contributed by atoms with van der Waals surface area (Å²) in [7, 11) is 7.77. The Bertz CT molecular complexity index is 674. The molecule has 8 nitrogen and oxygen atoms in total. The Morgan fingerprint density at radius 3 is 2.30 bits per heavy atom. The van der Waals surface area contributed by atoms with Crippen LogP contribution in [0, 0.1) is 5.92 Å². The van der Waals surface area contributed by atoms with Crippen LogP contribution in [0.3, 0.4) is 0 Å². The number of aliphatic carboxylic acids is 2. The van der Waals surface area contributed by atoms with Crippen LogP contribution in [0.5, 0.6) is 5.75 Å². The van der Waals surface area contributed by atoms with Gasteiger partial charge in [0.15, 0.2) is 6.79 Å². The normalized spacial score (nSPS) is 19.8. The molecule has 0 spiro atoms. The first-order chi connectivity index (χ1) is 14.3. The molecule has 2 rings (SSSR count). The van der Waals surface area contributed by atoms with E-state index in [0.717, 1.165) is 12.2 Å². The van der Waals surface area contributed by atoms with Crippen molar-refractivity contribution in [1.29, 1.82) is 0 Å². The number of carbonyl (C=O) groups is 2. The molecule has 168 valence electrons. The van der Waals surface area contributed by atoms with E-state index in [1.807, 2.05) is 13.2 Å². The van der Waals surface area contributed by atoms with E-state index in [1.165, 1.54) is 24.8 Å². The maximum absolute atomic E-state index is 9.55. The van der Waals surface area contributed by atoms with Crippen LogP contribution in [0.1, 0.15) is 37.3 Å². The minimum absolute atomic E-state index is 0.278. The highest BCUT2D eigenvalue weighted by Gasteiger charge is 2.34. The Morgan fingerprint density at radius 1 is 1.13 bits per heavy atom. The summed E-state index contributed by atoms with van der Waals surface area (Å²) >= 11 is 0. The van der Waals surface area contributed by atoms with Crippen LogP contribution in [-0.2, 0) is 19.1 Å². The Hall–Kier alpha value is -2.42. The summed E-state index contributed by atoms with van der Waals surface area (Å²) < 4.78 is 16.4. The number of nitrogens with zero attached hydrogens (tertiary/aromatic N) is 1. The highest BCUT2D eigenvalue weighted by molar-refractivity contribution is 5.89. The molecule has 1 fully saturated rings. The molecule has 0 heterocycles. The van der Waals surface area contributed by atoms with Crippen LogP contribution in [-0.4, -0.2) is 68.3 Å². The number of carboxylic acid groups (broad SMARTS) is 2. The van der Waals surface area contributed by atoms with Crippen molar-refractivity contribution in [1.82, 2.24) is 4.90 Å². The zero-order chi connectivity index (χ0) is 22.5. The van der Waals surface area contributed by atoms with Crippen molar-refractivity contribution < 1.29 is 34.0 Å². The Labute approximate surface area is 178 Å². The number of ether oxygens (including phenoxy) is 3. The first-order valence-corrected chi connectivity index (χ1v) is 9.85. The van der Waals surface area contributed by atoms with Crippen LogP contribution < -0.4 is 4.74 Å². The molecule has 2 N–H and O–H groups in total. The van der Waals surface area contributed by atoms with E-state index in [9.17, 15) is 9.59 Å². The maximum Gasteiger partial charge on any atom is 0.328 e. The lowest BCUT2D eigenvalue weighted by Crippen LogP contribution is -2.37. The van der Waals surface area contributed by atoms with E-state index in [-0.39, 0.29) is 6.79 Å². The fourth-order valence-corrected chi connectivity index (χ4v) is 3.77. The molecular formula is C22H33NO7. The molecule has 1 saturated carbocycles. The second-order valence-electron chi connectivity index (χ2n) is 7.26. The van der Waals surface area contributed by atoms with Crippen LogP contribution in [0.25, 0.3) is 0 Å². The van der Waals surface area contributed by atoms with Gasteiger partial charge in [-0.2, -0.15) is 0 Å². The molecule has 0 bridgehead atoms. The van der Waals surface area contributed by atoms with E-state index >= 15 is 0 Å². The molecular weight excluding hydrogens is 390 g/mol. The number of benzene rings is 1. The van der Waals surface area contributed by atoms with Gasteiger partial charge in [-0.3, -0.25) is 0 Å². The highest BCUT2D eigenvalue weighted by atomic mass is 16.7. The molecule has 30 heavy (non-hydrogen) atoms. The predicted octanol–water partition coefficient (Wildman–Crippen LogP) is 3.19. The zero-order valence-corrected chi connectivity index (χ0v) is 18.1. The van der Waals surface area contributed by atoms with E-state index in [2.05, 4.69) is 37.2 Å². The Kier molecular flexibility index (Phi) is 11.7. The molecule has 8 heteroatoms. The van der Waals surface area contributed by atoms with Crippen molar-refractivity contribution in [2.45, 2.75) is 37.8 Å². The summed E-state index contributed by atoms with van der Waals surface area (Å²) in [5.41, 5.74) is 1.28. The number of rotatable bonds is 9. The molecule has 0 amide bonds. The Morgan fingerprint density at radius 2 is 1.77 bits per heavy atom. The summed E-state index contributed by atoms with van der Waals surface area (Å²) in [5.74, 6) is -1.14. The van der Waals surface area contributed by atoms with Gasteiger partial charge in [0.05, 0.1) is 6.10 Å². The molecule has 1 aliphatic rings. The molecule has 0 saturated heterocycles. The van der Waals surface area contributed by atoms with Crippen LogP contribution in [0.4, 0.5) is 0 Å². The largest absolute Gasteiger partial charge is 0.478 e. The lowest BCUT2D eigenvalue weighted by atomic mass is 9.78. The van der Waals surface area contributed by atoms with Crippen molar-refractivity contribution in [2.24, 2.45) is 5.92 Å². The fraction of sp³-hybridized carbons (Fsp3) is 0.545. The second kappa shape index (κ2) is 13.7. The van der Waals surface area contributed by atoms with Crippen molar-refractivity contribution in [3.8, 4) is 5.75 Å². The summed E-state index contributed by atoms with van der Waals surface area (Å²) in [5, 5.41) is 15.6. The van der Waals surface area contributed by atoms with Crippen molar-refractivity contribution >= 4 is 11.9 Å². The lowest BCUT2D eigenvalue weighted by Gasteiger charge is -2.39. The highest BCUT2D eigenvalue weighted by Crippen LogP contribution is 2.39. The third-order valence-corrected chi connectivity index (χ3v) is 4.93. The molecule has 3 atom stereocenters. The molecule has 1 aromatic carbocycles. The van der Waals surface area contributed by atoms with E-state index in [0.29, 0.717) is 30.2 Å². The smallest absolute Gasteiger partial charge is 0.328 e. The topological polar surface area (TPSA) is 106 Å². The van der Waals surface area contributed by atoms with Crippen molar-refractivity contribution in [3.05, 3.63) is 42.0 Å². The molecule has 0 radical (unpaired) electrons. The standard InChI is InChI=1S/C18H29NO3.C4H4O4/c1-19(2)18(16-10-5-6-11-17(16)21-4)14-8-7-9-15(12-14)22-13-20-3;5-3(6)1-2-4(7)8/h7-9,12,16-18H,5-6,10-11,13H2,1-4H3;1-2H,(H,5,6)(H,7,8)/b;2-1-/t16-,17+,18?;/m1./s1. The second-order valence-corrected chi connectivity index (χ2v) is 7.26. The van der Waals surface area contributed by atoms with Crippen LogP contribution in [0.2, 0.25) is 0 Å². The van der Waals surface area contributed by atoms with Gasteiger partial charge in [0, 0.05) is 38.3 Å². The third-order valence-electron chi connectivity index (χ3n) is 4.93. The average molecular weight is 424 g/mol. The van der Waals surface area contributed by atoms with E-state index in [1.54, 1.807) is 7.11 Å². The van der Waals surface area contributed by atoms with Gasteiger partial charge in [-0.05, 0) is 44.6 Å². The third kappa shape index (κ3) is 8.94. The lowest BCUT2D eigenvalue weighted by molar-refractivity contribution is -0.134. The monoisotopic (exact) mass is 423 g/mol. The SMILES string of the molecule is COCOc1cccc(C([C@@H]2CCCC[C@@H]2OC)N(C)C)c1.O=C(O)/C=C\C(=O)O. The summed E-state index contributed by atoms with van der Waals surface area (Å²) in [4.78, 5) is 21.4. The number of methoxy groups -OCH3 is 2. The van der Waals surface area contributed by atoms with Gasteiger partial charge >= 0.3 is 11.9 Å². The van der Waals surface area contributed by atoms with Gasteiger partial charge in [-0.15, -0.1) is 0 Å². The molecule has 1 aromatic rings. The summed E-state index contributed by atoms with van der Waals surface area (Å²) in [6.07, 6.45) is 6.38. The predicted molar refractivity (Wildman–Crippen MR) is 113 cm³/mol. The van der Waals surface area contributed by atoms with E-state index in [4.69, 9.17) is 24.4 Å². The minimum atomic E-state index is -1.26. The van der Waals surface area contributed by atoms with Crippen molar-refractivity contribution in [2.75, 3.05) is 35.1 Å². The zero-order valence-electron chi connectivity index (χ0n) is 18.1. The number of hydrogen-bond acceptors (Lipinski definition) is 6. The summed E-state index contributed by atoms with van der Waals surface area (Å²) in [6.45, 7) is 0.278. The summed E-state index contributed by atoms with van der Waals surface area (Å²) in [6, 6.07) is 8.69. The van der Waals surface area contributed by atoms with Gasteiger partial charge in [0.25, 0.3) is 0 Å². The van der Waals surface area contributed by atoms with Crippen LogP contribution in [0.15, 0.2) is 36.4 Å².